The minimum absolute atomic E-state index is 0.0812. The van der Waals surface area contributed by atoms with Crippen LogP contribution in [0.5, 0.6) is 0 Å². The van der Waals surface area contributed by atoms with Gasteiger partial charge in [-0.05, 0) is 85.7 Å². The molecule has 4 heteroatoms. The van der Waals surface area contributed by atoms with Gasteiger partial charge in [0.15, 0.2) is 6.29 Å². The van der Waals surface area contributed by atoms with Crippen LogP contribution in [-0.2, 0) is 6.61 Å². The Labute approximate surface area is 206 Å². The van der Waals surface area contributed by atoms with E-state index >= 15 is 0 Å². The van der Waals surface area contributed by atoms with Gasteiger partial charge in [-0.25, -0.2) is 0 Å². The summed E-state index contributed by atoms with van der Waals surface area (Å²) in [7, 11) is 0. The van der Waals surface area contributed by atoms with Crippen LogP contribution in [0.2, 0.25) is 0 Å². The number of carbonyl (C=O) groups excluding carboxylic acids is 1. The molecular weight excluding hydrogens is 456 g/mol. The summed E-state index contributed by atoms with van der Waals surface area (Å²) < 4.78 is 2.58. The number of hydrogen-bond donors (Lipinski definition) is 1. The Morgan fingerprint density at radius 2 is 1.21 bits per heavy atom. The largest absolute Gasteiger partial charge is 0.392 e. The van der Waals surface area contributed by atoms with Gasteiger partial charge >= 0.3 is 0 Å². The van der Waals surface area contributed by atoms with E-state index in [9.17, 15) is 9.90 Å². The average molecular weight is 479 g/mol. The molecular formula is C30H22O2S2. The SMILES string of the molecule is O=Cc1ccccc1-c1ccc2sccc2c1.OCc1ccccc1-c1ccc2sccc2c1. The van der Waals surface area contributed by atoms with Crippen molar-refractivity contribution in [3.8, 4) is 22.3 Å². The summed E-state index contributed by atoms with van der Waals surface area (Å²) in [5, 5.41) is 16.0. The first-order valence-corrected chi connectivity index (χ1v) is 12.7. The van der Waals surface area contributed by atoms with Crippen molar-refractivity contribution in [2.24, 2.45) is 0 Å². The lowest BCUT2D eigenvalue weighted by atomic mass is 9.99. The number of thiophene rings is 2. The van der Waals surface area contributed by atoms with Crippen molar-refractivity contribution >= 4 is 49.1 Å². The van der Waals surface area contributed by atoms with Crippen molar-refractivity contribution < 1.29 is 9.90 Å². The number of hydrogen-bond acceptors (Lipinski definition) is 4. The third-order valence-electron chi connectivity index (χ3n) is 5.80. The second-order valence-electron chi connectivity index (χ2n) is 7.87. The Balaban J connectivity index is 0.000000142. The number of aliphatic hydroxyl groups excluding tert-OH is 1. The number of aldehydes is 1. The summed E-state index contributed by atoms with van der Waals surface area (Å²) in [4.78, 5) is 11.0. The molecule has 0 spiro atoms. The highest BCUT2D eigenvalue weighted by atomic mass is 32.1. The molecule has 4 aromatic carbocycles. The van der Waals surface area contributed by atoms with E-state index < -0.39 is 0 Å². The van der Waals surface area contributed by atoms with Gasteiger partial charge in [0.25, 0.3) is 0 Å². The zero-order valence-electron chi connectivity index (χ0n) is 18.3. The molecule has 6 rings (SSSR count). The van der Waals surface area contributed by atoms with Crippen LogP contribution >= 0.6 is 22.7 Å². The molecule has 2 aromatic heterocycles. The van der Waals surface area contributed by atoms with Crippen LogP contribution in [0.3, 0.4) is 0 Å². The summed E-state index contributed by atoms with van der Waals surface area (Å²) >= 11 is 3.48. The van der Waals surface area contributed by atoms with Gasteiger partial charge in [0, 0.05) is 15.0 Å². The summed E-state index contributed by atoms with van der Waals surface area (Å²) in [5.41, 5.74) is 6.09. The van der Waals surface area contributed by atoms with Gasteiger partial charge in [-0.2, -0.15) is 0 Å². The number of rotatable bonds is 4. The molecule has 34 heavy (non-hydrogen) atoms. The number of fused-ring (bicyclic) bond motifs is 2. The Morgan fingerprint density at radius 3 is 1.82 bits per heavy atom. The van der Waals surface area contributed by atoms with E-state index in [4.69, 9.17) is 0 Å². The summed E-state index contributed by atoms with van der Waals surface area (Å²) in [6.07, 6.45) is 0.910. The van der Waals surface area contributed by atoms with Crippen LogP contribution < -0.4 is 0 Å². The molecule has 0 unspecified atom stereocenters. The normalized spacial score (nSPS) is 10.7. The maximum atomic E-state index is 11.0. The standard InChI is InChI=1S/C15H12OS.C15H10OS/c2*16-10-13-3-1-2-4-14(13)11-5-6-15-12(9-11)7-8-17-15/h1-9,16H,10H2;1-10H. The van der Waals surface area contributed by atoms with E-state index in [0.717, 1.165) is 34.1 Å². The molecule has 1 N–H and O–H groups in total. The molecule has 166 valence electrons. The molecule has 2 heterocycles. The lowest BCUT2D eigenvalue weighted by molar-refractivity contribution is 0.112. The highest BCUT2D eigenvalue weighted by Crippen LogP contribution is 2.30. The third-order valence-corrected chi connectivity index (χ3v) is 7.60. The number of aliphatic hydroxyl groups is 1. The molecule has 0 radical (unpaired) electrons. The third kappa shape index (κ3) is 4.57. The molecule has 0 saturated carbocycles. The quantitative estimate of drug-likeness (QED) is 0.258. The summed E-state index contributed by atoms with van der Waals surface area (Å²) in [6.45, 7) is 0.0812. The lowest BCUT2D eigenvalue weighted by Gasteiger charge is -2.07. The Morgan fingerprint density at radius 1 is 0.647 bits per heavy atom. The molecule has 0 atom stereocenters. The fourth-order valence-electron chi connectivity index (χ4n) is 4.07. The first kappa shape index (κ1) is 22.2. The number of carbonyl (C=O) groups is 1. The molecule has 0 aliphatic rings. The van der Waals surface area contributed by atoms with Gasteiger partial charge in [0.1, 0.15) is 0 Å². The molecule has 6 aromatic rings. The highest BCUT2D eigenvalue weighted by molar-refractivity contribution is 7.17. The zero-order valence-corrected chi connectivity index (χ0v) is 20.0. The molecule has 0 saturated heterocycles. The van der Waals surface area contributed by atoms with Crippen LogP contribution in [0.1, 0.15) is 15.9 Å². The van der Waals surface area contributed by atoms with E-state index in [0.29, 0.717) is 0 Å². The van der Waals surface area contributed by atoms with Crippen LogP contribution in [0.4, 0.5) is 0 Å². The van der Waals surface area contributed by atoms with Gasteiger partial charge in [0.2, 0.25) is 0 Å². The Bertz CT molecular complexity index is 1580. The molecule has 0 bridgehead atoms. The maximum absolute atomic E-state index is 11.0. The second-order valence-corrected chi connectivity index (χ2v) is 9.76. The van der Waals surface area contributed by atoms with Gasteiger partial charge in [-0.3, -0.25) is 4.79 Å². The van der Waals surface area contributed by atoms with Crippen molar-refractivity contribution in [1.82, 2.24) is 0 Å². The summed E-state index contributed by atoms with van der Waals surface area (Å²) in [6, 6.07) is 32.6. The van der Waals surface area contributed by atoms with Crippen LogP contribution in [0, 0.1) is 0 Å². The van der Waals surface area contributed by atoms with E-state index in [1.165, 1.54) is 25.7 Å². The Kier molecular flexibility index (Phi) is 6.63. The smallest absolute Gasteiger partial charge is 0.150 e. The van der Waals surface area contributed by atoms with E-state index in [-0.39, 0.29) is 6.61 Å². The zero-order chi connectivity index (χ0) is 23.3. The average Bonchev–Trinajstić information content (AvgIpc) is 3.57. The topological polar surface area (TPSA) is 37.3 Å². The first-order chi connectivity index (χ1) is 16.8. The fraction of sp³-hybridized carbons (Fsp3) is 0.0333. The monoisotopic (exact) mass is 478 g/mol. The van der Waals surface area contributed by atoms with E-state index in [1.54, 1.807) is 22.7 Å². The van der Waals surface area contributed by atoms with Crippen molar-refractivity contribution in [1.29, 1.82) is 0 Å². The highest BCUT2D eigenvalue weighted by Gasteiger charge is 2.06. The molecule has 0 aliphatic heterocycles. The molecule has 0 fully saturated rings. The van der Waals surface area contributed by atoms with Crippen LogP contribution in [-0.4, -0.2) is 11.4 Å². The predicted molar refractivity (Wildman–Crippen MR) is 146 cm³/mol. The van der Waals surface area contributed by atoms with Crippen molar-refractivity contribution in [3.05, 3.63) is 119 Å². The molecule has 0 amide bonds. The number of benzene rings is 4. The fourth-order valence-corrected chi connectivity index (χ4v) is 5.61. The van der Waals surface area contributed by atoms with Crippen molar-refractivity contribution in [2.45, 2.75) is 6.61 Å². The van der Waals surface area contributed by atoms with Crippen molar-refractivity contribution in [2.75, 3.05) is 0 Å². The van der Waals surface area contributed by atoms with Crippen molar-refractivity contribution in [3.63, 3.8) is 0 Å². The van der Waals surface area contributed by atoms with Gasteiger partial charge in [0.05, 0.1) is 6.61 Å². The second kappa shape index (κ2) is 10.1. The van der Waals surface area contributed by atoms with Crippen LogP contribution in [0.25, 0.3) is 42.4 Å². The van der Waals surface area contributed by atoms with E-state index in [2.05, 4.69) is 65.4 Å². The Hall–Kier alpha value is -3.57. The van der Waals surface area contributed by atoms with Gasteiger partial charge in [-0.15, -0.1) is 22.7 Å². The minimum Gasteiger partial charge on any atom is -0.392 e. The molecule has 0 aliphatic carbocycles. The summed E-state index contributed by atoms with van der Waals surface area (Å²) in [5.74, 6) is 0. The van der Waals surface area contributed by atoms with Crippen LogP contribution in [0.15, 0.2) is 108 Å². The minimum atomic E-state index is 0.0812. The van der Waals surface area contributed by atoms with Gasteiger partial charge in [-0.1, -0.05) is 60.7 Å². The van der Waals surface area contributed by atoms with Gasteiger partial charge < -0.3 is 5.11 Å². The predicted octanol–water partition coefficient (Wildman–Crippen LogP) is 8.44. The lowest BCUT2D eigenvalue weighted by Crippen LogP contribution is -1.88. The maximum Gasteiger partial charge on any atom is 0.150 e. The first-order valence-electron chi connectivity index (χ1n) is 10.9. The molecule has 2 nitrogen and oxygen atoms in total. The van der Waals surface area contributed by atoms with E-state index in [1.807, 2.05) is 42.5 Å².